The summed E-state index contributed by atoms with van der Waals surface area (Å²) < 4.78 is 6.38. The lowest BCUT2D eigenvalue weighted by molar-refractivity contribution is -0.131. The van der Waals surface area contributed by atoms with Crippen LogP contribution in [0.4, 0.5) is 15.7 Å². The van der Waals surface area contributed by atoms with Crippen LogP contribution in [-0.4, -0.2) is 56.6 Å². The molecule has 4 N–H and O–H groups in total. The van der Waals surface area contributed by atoms with Gasteiger partial charge in [0.1, 0.15) is 17.6 Å². The average Bonchev–Trinajstić information content (AvgIpc) is 3.32. The first kappa shape index (κ1) is 26.8. The first-order valence-electron chi connectivity index (χ1n) is 11.9. The molecule has 38 heavy (non-hydrogen) atoms. The molecule has 0 unspecified atom stereocenters. The quantitative estimate of drug-likeness (QED) is 0.398. The number of aliphatic carboxylic acids is 1. The van der Waals surface area contributed by atoms with Crippen LogP contribution >= 0.6 is 11.3 Å². The number of pyridine rings is 1. The van der Waals surface area contributed by atoms with Gasteiger partial charge >= 0.3 is 12.1 Å². The Hall–Kier alpha value is -4.26. The Morgan fingerprint density at radius 2 is 2.05 bits per heavy atom. The number of hydrogen-bond donors (Lipinski definition) is 3. The largest absolute Gasteiger partial charge is 0.478 e. The van der Waals surface area contributed by atoms with Crippen molar-refractivity contribution in [2.45, 2.75) is 45.1 Å². The van der Waals surface area contributed by atoms with Crippen LogP contribution in [0.5, 0.6) is 0 Å². The molecule has 1 atom stereocenters. The van der Waals surface area contributed by atoms with Crippen molar-refractivity contribution in [2.24, 2.45) is 5.73 Å². The molecule has 0 aliphatic carbocycles. The number of primary amides is 1. The van der Waals surface area contributed by atoms with Gasteiger partial charge in [0.05, 0.1) is 17.8 Å². The summed E-state index contributed by atoms with van der Waals surface area (Å²) >= 11 is 1.32. The summed E-state index contributed by atoms with van der Waals surface area (Å²) in [6.07, 6.45) is 3.27. The van der Waals surface area contributed by atoms with E-state index < -0.39 is 29.6 Å². The number of carboxylic acid groups (broad SMARTS) is 1. The van der Waals surface area contributed by atoms with Crippen molar-refractivity contribution in [2.75, 3.05) is 23.3 Å². The molecule has 0 saturated carbocycles. The summed E-state index contributed by atoms with van der Waals surface area (Å²) in [6.45, 7) is 6.81. The van der Waals surface area contributed by atoms with Crippen LogP contribution in [-0.2, 0) is 14.9 Å². The van der Waals surface area contributed by atoms with E-state index in [1.165, 1.54) is 40.1 Å². The van der Waals surface area contributed by atoms with E-state index >= 15 is 0 Å². The summed E-state index contributed by atoms with van der Waals surface area (Å²) in [5, 5.41) is 14.3. The number of carbonyl (C=O) groups is 3. The van der Waals surface area contributed by atoms with E-state index in [1.54, 1.807) is 4.90 Å². The van der Waals surface area contributed by atoms with Gasteiger partial charge in [0.2, 0.25) is 0 Å². The Morgan fingerprint density at radius 3 is 2.71 bits per heavy atom. The molecule has 1 aliphatic heterocycles. The fourth-order valence-corrected chi connectivity index (χ4v) is 4.99. The monoisotopic (exact) mass is 540 g/mol. The van der Waals surface area contributed by atoms with Crippen LogP contribution in [0.25, 0.3) is 11.7 Å². The van der Waals surface area contributed by atoms with Gasteiger partial charge in [-0.05, 0) is 31.1 Å². The van der Waals surface area contributed by atoms with E-state index in [9.17, 15) is 19.2 Å². The van der Waals surface area contributed by atoms with Crippen molar-refractivity contribution >= 4 is 52.0 Å². The molecule has 3 aromatic rings. The predicted octanol–water partition coefficient (Wildman–Crippen LogP) is 2.86. The van der Waals surface area contributed by atoms with E-state index in [2.05, 4.69) is 15.3 Å². The number of carboxylic acids is 1. The topological polar surface area (TPSA) is 169 Å². The van der Waals surface area contributed by atoms with Crippen LogP contribution in [0.15, 0.2) is 34.6 Å². The molecule has 0 radical (unpaired) electrons. The lowest BCUT2D eigenvalue weighted by Crippen LogP contribution is -2.43. The van der Waals surface area contributed by atoms with Gasteiger partial charge in [-0.25, -0.2) is 19.6 Å². The first-order chi connectivity index (χ1) is 17.9. The second kappa shape index (κ2) is 10.6. The Kier molecular flexibility index (Phi) is 7.49. The minimum absolute atomic E-state index is 0.0549. The number of nitrogens with two attached hydrogens (primary N) is 1. The van der Waals surface area contributed by atoms with Crippen molar-refractivity contribution in [3.63, 3.8) is 0 Å². The van der Waals surface area contributed by atoms with E-state index in [1.807, 2.05) is 26.2 Å². The number of carbonyl (C=O) groups excluding carboxylic acids is 2. The first-order valence-corrected chi connectivity index (χ1v) is 12.8. The Balaban J connectivity index is 1.72. The van der Waals surface area contributed by atoms with Crippen molar-refractivity contribution < 1.29 is 24.2 Å². The highest BCUT2D eigenvalue weighted by molar-refractivity contribution is 7.14. The summed E-state index contributed by atoms with van der Waals surface area (Å²) in [7, 11) is 0. The van der Waals surface area contributed by atoms with Crippen molar-refractivity contribution in [1.82, 2.24) is 14.4 Å². The van der Waals surface area contributed by atoms with Crippen LogP contribution in [0.2, 0.25) is 0 Å². The molecule has 0 bridgehead atoms. The zero-order chi connectivity index (χ0) is 27.6. The maximum atomic E-state index is 13.4. The molecule has 1 saturated heterocycles. The van der Waals surface area contributed by atoms with Crippen LogP contribution in [0.3, 0.4) is 0 Å². The highest BCUT2D eigenvalue weighted by Gasteiger charge is 2.26. The van der Waals surface area contributed by atoms with Crippen LogP contribution < -0.4 is 21.5 Å². The van der Waals surface area contributed by atoms with E-state index in [0.29, 0.717) is 24.5 Å². The molecule has 0 spiro atoms. The normalized spacial score (nSPS) is 16.1. The molecule has 4 heterocycles. The Bertz CT molecular complexity index is 1490. The van der Waals surface area contributed by atoms with Crippen LogP contribution in [0, 0.1) is 0 Å². The second-order valence-electron chi connectivity index (χ2n) is 9.86. The lowest BCUT2D eigenvalue weighted by Gasteiger charge is -2.33. The number of amides is 2. The highest BCUT2D eigenvalue weighted by Crippen LogP contribution is 2.27. The Morgan fingerprint density at radius 1 is 1.29 bits per heavy atom. The molecule has 13 heteroatoms. The standard InChI is InChI=1S/C25H28N6O6S/c1-25(2,3)17-13-38-24(27-17)29-21(34)14-8-10-31-18(11-14)28-20(16(22(31)35)6-7-19(32)33)30-9-4-5-15(12-30)37-23(26)36/h6-8,10-11,13,15H,4-5,9,12H2,1-3H3,(H2,26,36)(H,32,33)(H,27,29,34)/b7-6+/t15-/m1/s1. The van der Waals surface area contributed by atoms with E-state index in [4.69, 9.17) is 15.6 Å². The highest BCUT2D eigenvalue weighted by atomic mass is 32.1. The number of nitrogens with zero attached hydrogens (tertiary/aromatic N) is 4. The van der Waals surface area contributed by atoms with E-state index in [0.717, 1.165) is 11.8 Å². The number of fused-ring (bicyclic) bond motifs is 1. The van der Waals surface area contributed by atoms with Gasteiger partial charge in [-0.15, -0.1) is 11.3 Å². The smallest absolute Gasteiger partial charge is 0.404 e. The van der Waals surface area contributed by atoms with Gasteiger partial charge in [0, 0.05) is 35.2 Å². The number of thiazole rings is 1. The SMILES string of the molecule is CC(C)(C)c1csc(NC(=O)c2ccn3c(=O)c(/C=C/C(=O)O)c(N4CCC[C@@H](OC(N)=O)C4)nc3c2)n1. The number of piperidine rings is 1. The number of nitrogens with one attached hydrogen (secondary N) is 1. The van der Waals surface area contributed by atoms with E-state index in [-0.39, 0.29) is 34.6 Å². The molecular weight excluding hydrogens is 512 g/mol. The molecule has 1 fully saturated rings. The maximum absolute atomic E-state index is 13.4. The minimum Gasteiger partial charge on any atom is -0.478 e. The number of hydrogen-bond acceptors (Lipinski definition) is 9. The predicted molar refractivity (Wildman–Crippen MR) is 143 cm³/mol. The fourth-order valence-electron chi connectivity index (χ4n) is 4.06. The van der Waals surface area contributed by atoms with Gasteiger partial charge in [-0.1, -0.05) is 20.8 Å². The zero-order valence-electron chi connectivity index (χ0n) is 21.1. The minimum atomic E-state index is -1.22. The van der Waals surface area contributed by atoms with Gasteiger partial charge in [-0.2, -0.15) is 0 Å². The third kappa shape index (κ3) is 5.99. The summed E-state index contributed by atoms with van der Waals surface area (Å²) in [6, 6.07) is 2.95. The van der Waals surface area contributed by atoms with Crippen molar-refractivity contribution in [1.29, 1.82) is 0 Å². The second-order valence-corrected chi connectivity index (χ2v) is 10.7. The third-order valence-electron chi connectivity index (χ3n) is 5.95. The molecular formula is C25H28N6O6S. The fraction of sp³-hybridized carbons (Fsp3) is 0.360. The molecule has 200 valence electrons. The number of rotatable bonds is 6. The number of ether oxygens (including phenoxy) is 1. The average molecular weight is 541 g/mol. The zero-order valence-corrected chi connectivity index (χ0v) is 21.9. The lowest BCUT2D eigenvalue weighted by atomic mass is 9.93. The summed E-state index contributed by atoms with van der Waals surface area (Å²) in [5.74, 6) is -1.42. The molecule has 3 aromatic heterocycles. The van der Waals surface area contributed by atoms with Gasteiger partial charge in [0.25, 0.3) is 11.5 Å². The number of anilines is 2. The summed E-state index contributed by atoms with van der Waals surface area (Å²) in [5.41, 5.74) is 5.87. The Labute approximate surface area is 221 Å². The van der Waals surface area contributed by atoms with Crippen LogP contribution in [0.1, 0.15) is 55.2 Å². The maximum Gasteiger partial charge on any atom is 0.404 e. The van der Waals surface area contributed by atoms with Gasteiger partial charge < -0.3 is 20.5 Å². The molecule has 0 aromatic carbocycles. The molecule has 1 aliphatic rings. The number of aromatic nitrogens is 3. The van der Waals surface area contributed by atoms with Crippen molar-refractivity contribution in [3.05, 3.63) is 57.0 Å². The van der Waals surface area contributed by atoms with Gasteiger partial charge in [0.15, 0.2) is 5.13 Å². The van der Waals surface area contributed by atoms with Crippen molar-refractivity contribution in [3.8, 4) is 0 Å². The third-order valence-corrected chi connectivity index (χ3v) is 6.71. The summed E-state index contributed by atoms with van der Waals surface area (Å²) in [4.78, 5) is 59.6. The molecule has 2 amide bonds. The molecule has 4 rings (SSSR count). The molecule has 12 nitrogen and oxygen atoms in total. The van der Waals surface area contributed by atoms with Gasteiger partial charge in [-0.3, -0.25) is 19.3 Å².